The van der Waals surface area contributed by atoms with Crippen molar-refractivity contribution in [2.75, 3.05) is 33.8 Å². The van der Waals surface area contributed by atoms with Crippen molar-refractivity contribution >= 4 is 17.5 Å². The van der Waals surface area contributed by atoms with E-state index in [1.807, 2.05) is 36.6 Å². The smallest absolute Gasteiger partial charge is 0.231 e. The first-order valence-corrected chi connectivity index (χ1v) is 10.2. The van der Waals surface area contributed by atoms with Gasteiger partial charge in [-0.3, -0.25) is 9.69 Å². The molecule has 2 aliphatic rings. The van der Waals surface area contributed by atoms with E-state index in [1.165, 1.54) is 5.56 Å². The molecule has 27 heavy (non-hydrogen) atoms. The van der Waals surface area contributed by atoms with Gasteiger partial charge in [-0.2, -0.15) is 0 Å². The van der Waals surface area contributed by atoms with Gasteiger partial charge in [-0.15, -0.1) is 11.8 Å². The van der Waals surface area contributed by atoms with E-state index in [-0.39, 0.29) is 18.6 Å². The van der Waals surface area contributed by atoms with Crippen molar-refractivity contribution in [1.29, 1.82) is 0 Å². The Labute approximate surface area is 163 Å². The van der Waals surface area contributed by atoms with Crippen molar-refractivity contribution < 1.29 is 19.0 Å². The van der Waals surface area contributed by atoms with E-state index in [0.29, 0.717) is 17.9 Å². The number of methoxy groups -OCH3 is 1. The highest BCUT2D eigenvalue weighted by atomic mass is 32.2. The molecule has 4 rings (SSSR count). The highest BCUT2D eigenvalue weighted by Gasteiger charge is 2.35. The lowest BCUT2D eigenvalue weighted by Crippen LogP contribution is -2.34. The Morgan fingerprint density at radius 1 is 1.30 bits per heavy atom. The summed E-state index contributed by atoms with van der Waals surface area (Å²) in [6.07, 6.45) is 3.32. The zero-order valence-electron chi connectivity index (χ0n) is 15.8. The molecule has 0 saturated carbocycles. The summed E-state index contributed by atoms with van der Waals surface area (Å²) >= 11 is 1.67. The predicted octanol–water partition coefficient (Wildman–Crippen LogP) is 3.95. The molecule has 6 heteroatoms. The number of rotatable bonds is 5. The maximum atomic E-state index is 13.0. The van der Waals surface area contributed by atoms with Crippen molar-refractivity contribution in [3.05, 3.63) is 47.0 Å². The second kappa shape index (κ2) is 7.44. The molecular formula is C21H23NO4S. The van der Waals surface area contributed by atoms with Crippen LogP contribution in [0.3, 0.4) is 0 Å². The van der Waals surface area contributed by atoms with E-state index >= 15 is 0 Å². The largest absolute Gasteiger partial charge is 0.492 e. The average molecular weight is 385 g/mol. The molecule has 0 unspecified atom stereocenters. The SMILES string of the molecule is COc1c2c(cc3c1[C@@H](CC(=O)c1ccc(SC)cc1)N(C)CC3)OCO2. The number of ether oxygens (including phenoxy) is 3. The molecule has 0 radical (unpaired) electrons. The van der Waals surface area contributed by atoms with Crippen LogP contribution >= 0.6 is 11.8 Å². The summed E-state index contributed by atoms with van der Waals surface area (Å²) in [6.45, 7) is 1.09. The third kappa shape index (κ3) is 3.28. The molecule has 2 aromatic rings. The Kier molecular flexibility index (Phi) is 5.02. The third-order valence-electron chi connectivity index (χ3n) is 5.34. The van der Waals surface area contributed by atoms with Crippen LogP contribution < -0.4 is 14.2 Å². The van der Waals surface area contributed by atoms with Crippen molar-refractivity contribution in [3.8, 4) is 17.2 Å². The van der Waals surface area contributed by atoms with Gasteiger partial charge in [-0.1, -0.05) is 12.1 Å². The maximum Gasteiger partial charge on any atom is 0.231 e. The van der Waals surface area contributed by atoms with Gasteiger partial charge in [0.1, 0.15) is 0 Å². The molecule has 0 fully saturated rings. The number of carbonyl (C=O) groups is 1. The number of likely N-dealkylation sites (N-methyl/N-ethyl adjacent to an activating group) is 1. The summed E-state index contributed by atoms with van der Waals surface area (Å²) in [6, 6.07) is 9.80. The molecule has 0 bridgehead atoms. The fourth-order valence-corrected chi connectivity index (χ4v) is 4.26. The predicted molar refractivity (Wildman–Crippen MR) is 105 cm³/mol. The average Bonchev–Trinajstić information content (AvgIpc) is 3.16. The van der Waals surface area contributed by atoms with Gasteiger partial charge >= 0.3 is 0 Å². The van der Waals surface area contributed by atoms with Gasteiger partial charge in [0, 0.05) is 35.0 Å². The third-order valence-corrected chi connectivity index (χ3v) is 6.08. The van der Waals surface area contributed by atoms with E-state index in [2.05, 4.69) is 11.9 Å². The Balaban J connectivity index is 1.68. The van der Waals surface area contributed by atoms with Crippen LogP contribution in [0.15, 0.2) is 35.2 Å². The summed E-state index contributed by atoms with van der Waals surface area (Å²) in [5.41, 5.74) is 2.96. The highest BCUT2D eigenvalue weighted by molar-refractivity contribution is 7.98. The molecule has 0 aromatic heterocycles. The molecule has 2 aliphatic heterocycles. The first kappa shape index (κ1) is 18.2. The minimum atomic E-state index is -0.0501. The van der Waals surface area contributed by atoms with E-state index in [9.17, 15) is 4.79 Å². The number of carbonyl (C=O) groups excluding carboxylic acids is 1. The molecule has 0 saturated heterocycles. The topological polar surface area (TPSA) is 48.0 Å². The number of ketones is 1. The summed E-state index contributed by atoms with van der Waals surface area (Å²) in [4.78, 5) is 16.3. The molecule has 5 nitrogen and oxygen atoms in total. The van der Waals surface area contributed by atoms with Crippen molar-refractivity contribution in [2.45, 2.75) is 23.8 Å². The van der Waals surface area contributed by atoms with Gasteiger partial charge in [0.05, 0.1) is 7.11 Å². The van der Waals surface area contributed by atoms with Crippen molar-refractivity contribution in [2.24, 2.45) is 0 Å². The highest BCUT2D eigenvalue weighted by Crippen LogP contribution is 2.50. The molecular weight excluding hydrogens is 362 g/mol. The summed E-state index contributed by atoms with van der Waals surface area (Å²) in [5.74, 6) is 2.20. The van der Waals surface area contributed by atoms with Gasteiger partial charge in [-0.25, -0.2) is 0 Å². The number of Topliss-reactive ketones (excluding diaryl/α,β-unsaturated/α-hetero) is 1. The maximum absolute atomic E-state index is 13.0. The van der Waals surface area contributed by atoms with E-state index < -0.39 is 0 Å². The van der Waals surface area contributed by atoms with E-state index in [4.69, 9.17) is 14.2 Å². The molecule has 2 heterocycles. The van der Waals surface area contributed by atoms with Gasteiger partial charge in [-0.05, 0) is 43.5 Å². The van der Waals surface area contributed by atoms with Crippen LogP contribution in [0.2, 0.25) is 0 Å². The number of thioether (sulfide) groups is 1. The number of benzene rings is 2. The van der Waals surface area contributed by atoms with Gasteiger partial charge in [0.25, 0.3) is 0 Å². The van der Waals surface area contributed by atoms with Gasteiger partial charge < -0.3 is 14.2 Å². The molecule has 0 N–H and O–H groups in total. The Morgan fingerprint density at radius 3 is 2.78 bits per heavy atom. The fraction of sp³-hybridized carbons (Fsp3) is 0.381. The van der Waals surface area contributed by atoms with Crippen LogP contribution in [0, 0.1) is 0 Å². The Morgan fingerprint density at radius 2 is 2.07 bits per heavy atom. The minimum absolute atomic E-state index is 0.0501. The molecule has 0 spiro atoms. The Bertz CT molecular complexity index is 865. The van der Waals surface area contributed by atoms with Crippen molar-refractivity contribution in [3.63, 3.8) is 0 Å². The number of hydrogen-bond acceptors (Lipinski definition) is 6. The van der Waals surface area contributed by atoms with Crippen LogP contribution in [0.5, 0.6) is 17.2 Å². The lowest BCUT2D eigenvalue weighted by molar-refractivity contribution is 0.0925. The number of fused-ring (bicyclic) bond motifs is 2. The van der Waals surface area contributed by atoms with Crippen LogP contribution in [-0.4, -0.2) is 44.4 Å². The minimum Gasteiger partial charge on any atom is -0.492 e. The van der Waals surface area contributed by atoms with Crippen LogP contribution in [-0.2, 0) is 6.42 Å². The molecule has 1 atom stereocenters. The number of hydrogen-bond donors (Lipinski definition) is 0. The van der Waals surface area contributed by atoms with Gasteiger partial charge in [0.2, 0.25) is 12.5 Å². The fourth-order valence-electron chi connectivity index (χ4n) is 3.85. The normalized spacial score (nSPS) is 18.3. The summed E-state index contributed by atoms with van der Waals surface area (Å²) in [5, 5.41) is 0. The summed E-state index contributed by atoms with van der Waals surface area (Å²) < 4.78 is 16.9. The van der Waals surface area contributed by atoms with Crippen LogP contribution in [0.4, 0.5) is 0 Å². The first-order chi connectivity index (χ1) is 13.1. The molecule has 142 valence electrons. The standard InChI is InChI=1S/C21H23NO4S/c1-22-9-8-14-10-18-20(26-12-25-18)21(24-2)19(14)16(22)11-17(23)13-4-6-15(27-3)7-5-13/h4-7,10,16H,8-9,11-12H2,1-3H3/t16-/m1/s1. The number of nitrogens with zero attached hydrogens (tertiary/aromatic N) is 1. The van der Waals surface area contributed by atoms with E-state index in [1.54, 1.807) is 18.9 Å². The quantitative estimate of drug-likeness (QED) is 0.574. The lowest BCUT2D eigenvalue weighted by Gasteiger charge is -2.35. The van der Waals surface area contributed by atoms with Crippen LogP contribution in [0.1, 0.15) is 33.9 Å². The molecule has 0 aliphatic carbocycles. The molecule has 2 aromatic carbocycles. The lowest BCUT2D eigenvalue weighted by atomic mass is 9.87. The van der Waals surface area contributed by atoms with Gasteiger partial charge in [0.15, 0.2) is 17.3 Å². The monoisotopic (exact) mass is 385 g/mol. The second-order valence-electron chi connectivity index (χ2n) is 6.82. The van der Waals surface area contributed by atoms with Crippen molar-refractivity contribution in [1.82, 2.24) is 4.90 Å². The van der Waals surface area contributed by atoms with E-state index in [0.717, 1.165) is 34.7 Å². The second-order valence-corrected chi connectivity index (χ2v) is 7.70. The van der Waals surface area contributed by atoms with Crippen LogP contribution in [0.25, 0.3) is 0 Å². The zero-order chi connectivity index (χ0) is 19.0. The summed E-state index contributed by atoms with van der Waals surface area (Å²) in [7, 11) is 3.70. The first-order valence-electron chi connectivity index (χ1n) is 8.99. The zero-order valence-corrected chi connectivity index (χ0v) is 16.6. The Hall–Kier alpha value is -2.18. The molecule has 0 amide bonds.